The molecule has 106 valence electrons. The molecular formula is C16H26N2O. The van der Waals surface area contributed by atoms with Crippen molar-refractivity contribution < 1.29 is 5.11 Å². The molecule has 0 aliphatic heterocycles. The van der Waals surface area contributed by atoms with E-state index in [4.69, 9.17) is 0 Å². The molecule has 0 radical (unpaired) electrons. The third-order valence-electron chi connectivity index (χ3n) is 3.91. The van der Waals surface area contributed by atoms with E-state index in [1.165, 1.54) is 31.4 Å². The molecule has 1 aliphatic carbocycles. The highest BCUT2D eigenvalue weighted by Crippen LogP contribution is 2.31. The van der Waals surface area contributed by atoms with Crippen LogP contribution in [-0.4, -0.2) is 22.7 Å². The van der Waals surface area contributed by atoms with Gasteiger partial charge in [-0.05, 0) is 31.7 Å². The highest BCUT2D eigenvalue weighted by atomic mass is 16.3. The molecule has 3 heteroatoms. The Kier molecular flexibility index (Phi) is 4.81. The molecular weight excluding hydrogens is 236 g/mol. The molecule has 1 fully saturated rings. The maximum Gasteiger partial charge on any atom is 0.0717 e. The minimum atomic E-state index is 0.0733. The number of anilines is 1. The Morgan fingerprint density at radius 2 is 2.05 bits per heavy atom. The zero-order chi connectivity index (χ0) is 13.8. The summed E-state index contributed by atoms with van der Waals surface area (Å²) in [5.74, 6) is 0.626. The van der Waals surface area contributed by atoms with Gasteiger partial charge in [-0.15, -0.1) is 0 Å². The molecule has 1 N–H and O–H groups in total. The summed E-state index contributed by atoms with van der Waals surface area (Å²) >= 11 is 0. The lowest BCUT2D eigenvalue weighted by molar-refractivity contribution is 0.281. The van der Waals surface area contributed by atoms with Gasteiger partial charge in [-0.25, -0.2) is 0 Å². The van der Waals surface area contributed by atoms with Crippen LogP contribution in [0.3, 0.4) is 0 Å². The van der Waals surface area contributed by atoms with Crippen LogP contribution < -0.4 is 4.90 Å². The number of aryl methyl sites for hydroxylation is 1. The summed E-state index contributed by atoms with van der Waals surface area (Å²) < 4.78 is 0. The molecule has 1 saturated carbocycles. The Labute approximate surface area is 116 Å². The van der Waals surface area contributed by atoms with E-state index in [2.05, 4.69) is 29.8 Å². The van der Waals surface area contributed by atoms with E-state index in [1.54, 1.807) is 0 Å². The van der Waals surface area contributed by atoms with Crippen molar-refractivity contribution in [2.24, 2.45) is 5.92 Å². The van der Waals surface area contributed by atoms with Crippen LogP contribution in [0.5, 0.6) is 0 Å². The smallest absolute Gasteiger partial charge is 0.0717 e. The summed E-state index contributed by atoms with van der Waals surface area (Å²) in [6.07, 6.45) is 7.04. The lowest BCUT2D eigenvalue weighted by Crippen LogP contribution is -2.37. The van der Waals surface area contributed by atoms with E-state index in [0.717, 1.165) is 17.8 Å². The normalized spacial score (nSPS) is 16.3. The first kappa shape index (κ1) is 14.3. The van der Waals surface area contributed by atoms with Gasteiger partial charge in [-0.2, -0.15) is 0 Å². The van der Waals surface area contributed by atoms with Crippen molar-refractivity contribution in [3.63, 3.8) is 0 Å². The summed E-state index contributed by atoms with van der Waals surface area (Å²) in [5, 5.41) is 9.57. The Morgan fingerprint density at radius 1 is 1.37 bits per heavy atom. The molecule has 0 unspecified atom stereocenters. The summed E-state index contributed by atoms with van der Waals surface area (Å²) in [6.45, 7) is 7.67. The molecule has 1 heterocycles. The van der Waals surface area contributed by atoms with Crippen molar-refractivity contribution in [2.45, 2.75) is 59.1 Å². The highest BCUT2D eigenvalue weighted by molar-refractivity contribution is 5.54. The number of nitrogens with zero attached hydrogens (tertiary/aromatic N) is 2. The van der Waals surface area contributed by atoms with Gasteiger partial charge in [-0.1, -0.05) is 26.7 Å². The molecule has 19 heavy (non-hydrogen) atoms. The molecule has 1 aromatic heterocycles. The second kappa shape index (κ2) is 6.38. The fourth-order valence-corrected chi connectivity index (χ4v) is 3.02. The lowest BCUT2D eigenvalue weighted by Gasteiger charge is -2.34. The summed E-state index contributed by atoms with van der Waals surface area (Å²) in [7, 11) is 0. The number of rotatable bonds is 5. The second-order valence-corrected chi connectivity index (χ2v) is 6.10. The minimum Gasteiger partial charge on any atom is -0.392 e. The predicted octanol–water partition coefficient (Wildman–Crippen LogP) is 3.29. The lowest BCUT2D eigenvalue weighted by atomic mass is 10.1. The monoisotopic (exact) mass is 262 g/mol. The van der Waals surface area contributed by atoms with E-state index in [-0.39, 0.29) is 6.61 Å². The molecule has 0 amide bonds. The third-order valence-corrected chi connectivity index (χ3v) is 3.91. The van der Waals surface area contributed by atoms with Gasteiger partial charge in [0.15, 0.2) is 0 Å². The predicted molar refractivity (Wildman–Crippen MR) is 79.3 cm³/mol. The van der Waals surface area contributed by atoms with Gasteiger partial charge in [0.1, 0.15) is 0 Å². The van der Waals surface area contributed by atoms with E-state index in [1.807, 2.05) is 13.1 Å². The molecule has 2 rings (SSSR count). The number of aliphatic hydroxyl groups is 1. The van der Waals surface area contributed by atoms with E-state index in [9.17, 15) is 5.11 Å². The average molecular weight is 262 g/mol. The Hall–Kier alpha value is -1.09. The highest BCUT2D eigenvalue weighted by Gasteiger charge is 2.25. The van der Waals surface area contributed by atoms with E-state index in [0.29, 0.717) is 12.0 Å². The van der Waals surface area contributed by atoms with Gasteiger partial charge in [0, 0.05) is 35.7 Å². The van der Waals surface area contributed by atoms with Crippen molar-refractivity contribution in [3.05, 3.63) is 23.5 Å². The fourth-order valence-electron chi connectivity index (χ4n) is 3.02. The van der Waals surface area contributed by atoms with Crippen LogP contribution in [0.1, 0.15) is 50.8 Å². The number of aliphatic hydroxyl groups excluding tert-OH is 1. The first-order chi connectivity index (χ1) is 9.11. The molecule has 0 bridgehead atoms. The van der Waals surface area contributed by atoms with Crippen LogP contribution in [-0.2, 0) is 6.61 Å². The van der Waals surface area contributed by atoms with Gasteiger partial charge in [0.2, 0.25) is 0 Å². The Morgan fingerprint density at radius 3 is 2.63 bits per heavy atom. The van der Waals surface area contributed by atoms with Crippen molar-refractivity contribution in [1.29, 1.82) is 0 Å². The van der Waals surface area contributed by atoms with Crippen molar-refractivity contribution >= 4 is 5.69 Å². The maximum absolute atomic E-state index is 9.57. The van der Waals surface area contributed by atoms with Crippen molar-refractivity contribution in [1.82, 2.24) is 4.98 Å². The molecule has 0 spiro atoms. The van der Waals surface area contributed by atoms with Crippen LogP contribution in [0, 0.1) is 12.8 Å². The number of hydrogen-bond donors (Lipinski definition) is 1. The topological polar surface area (TPSA) is 36.4 Å². The summed E-state index contributed by atoms with van der Waals surface area (Å²) in [6, 6.07) is 2.76. The SMILES string of the molecule is Cc1cc(N(CC(C)C)C2CCCC2)c(CO)cn1. The number of aromatic nitrogens is 1. The minimum absolute atomic E-state index is 0.0733. The van der Waals surface area contributed by atoms with Crippen LogP contribution >= 0.6 is 0 Å². The maximum atomic E-state index is 9.57. The Bertz CT molecular complexity index is 411. The number of pyridine rings is 1. The second-order valence-electron chi connectivity index (χ2n) is 6.10. The first-order valence-corrected chi connectivity index (χ1v) is 7.45. The number of hydrogen-bond acceptors (Lipinski definition) is 3. The van der Waals surface area contributed by atoms with Gasteiger partial charge < -0.3 is 10.0 Å². The third kappa shape index (κ3) is 3.47. The largest absolute Gasteiger partial charge is 0.392 e. The molecule has 0 aromatic carbocycles. The van der Waals surface area contributed by atoms with Gasteiger partial charge in [0.05, 0.1) is 6.61 Å². The van der Waals surface area contributed by atoms with Gasteiger partial charge >= 0.3 is 0 Å². The molecule has 0 atom stereocenters. The molecule has 1 aliphatic rings. The van der Waals surface area contributed by atoms with Crippen LogP contribution in [0.4, 0.5) is 5.69 Å². The zero-order valence-electron chi connectivity index (χ0n) is 12.4. The zero-order valence-corrected chi connectivity index (χ0v) is 12.4. The molecule has 1 aromatic rings. The van der Waals surface area contributed by atoms with Crippen LogP contribution in [0.25, 0.3) is 0 Å². The van der Waals surface area contributed by atoms with Crippen LogP contribution in [0.2, 0.25) is 0 Å². The van der Waals surface area contributed by atoms with Crippen molar-refractivity contribution in [3.8, 4) is 0 Å². The Balaban J connectivity index is 2.32. The summed E-state index contributed by atoms with van der Waals surface area (Å²) in [5.41, 5.74) is 3.17. The van der Waals surface area contributed by atoms with Gasteiger partial charge in [-0.3, -0.25) is 4.98 Å². The van der Waals surface area contributed by atoms with Gasteiger partial charge in [0.25, 0.3) is 0 Å². The van der Waals surface area contributed by atoms with Crippen molar-refractivity contribution in [2.75, 3.05) is 11.4 Å². The molecule has 0 saturated heterocycles. The van der Waals surface area contributed by atoms with Crippen LogP contribution in [0.15, 0.2) is 12.3 Å². The van der Waals surface area contributed by atoms with E-state index >= 15 is 0 Å². The first-order valence-electron chi connectivity index (χ1n) is 7.45. The quantitative estimate of drug-likeness (QED) is 0.884. The fraction of sp³-hybridized carbons (Fsp3) is 0.688. The molecule has 3 nitrogen and oxygen atoms in total. The van der Waals surface area contributed by atoms with E-state index < -0.39 is 0 Å². The standard InChI is InChI=1S/C16H26N2O/c1-12(2)10-18(15-6-4-5-7-15)16-8-13(3)17-9-14(16)11-19/h8-9,12,15,19H,4-7,10-11H2,1-3H3. The summed E-state index contributed by atoms with van der Waals surface area (Å²) in [4.78, 5) is 6.82. The average Bonchev–Trinajstić information content (AvgIpc) is 2.89.